The van der Waals surface area contributed by atoms with Crippen LogP contribution in [-0.4, -0.2) is 81.5 Å². The van der Waals surface area contributed by atoms with Crippen molar-refractivity contribution >= 4 is 57.8 Å². The number of ether oxygens (including phenoxy) is 1. The van der Waals surface area contributed by atoms with Gasteiger partial charge in [-0.25, -0.2) is 14.6 Å². The number of hydrogen-bond acceptors (Lipinski definition) is 12. The third-order valence-corrected chi connectivity index (χ3v) is 6.28. The highest BCUT2D eigenvalue weighted by molar-refractivity contribution is 8.00. The third-order valence-electron chi connectivity index (χ3n) is 4.27. The van der Waals surface area contributed by atoms with Crippen molar-refractivity contribution in [3.05, 3.63) is 22.3 Å². The number of nitrogens with two attached hydrogens (primary N) is 3. The Balaban J connectivity index is 1.77. The molecule has 3 heterocycles. The number of primary amides is 1. The minimum absolute atomic E-state index is 0.0495. The van der Waals surface area contributed by atoms with Gasteiger partial charge in [0.25, 0.3) is 11.8 Å². The number of carbonyl (C=O) groups excluding carboxylic acids is 3. The Bertz CT molecular complexity index is 1010. The summed E-state index contributed by atoms with van der Waals surface area (Å²) < 4.78 is 4.67. The van der Waals surface area contributed by atoms with E-state index in [0.717, 1.165) is 16.2 Å². The number of nitrogen functional groups attached to an aromatic ring is 1. The Labute approximate surface area is 188 Å². The lowest BCUT2D eigenvalue weighted by molar-refractivity contribution is -0.150. The number of rotatable bonds is 9. The number of carboxylic acids is 1. The van der Waals surface area contributed by atoms with Gasteiger partial charge in [0.05, 0.1) is 0 Å². The number of β-lactam (4-membered cyclic amide) rings is 1. The standard InChI is InChI=1S/C16H19N7O7S2/c17-1-2-30-22-8(7-5-32-15(18)20-7)11(24)21-9-12(25)23-10(14(26)27)6(3-29-16(19)28)4-31-13(9)23/h5,9,13H,1-4,17H2,(H2,18,20)(H2,19,28)(H,21,24)(H,26,27)/t9?,13-/m0/s1. The van der Waals surface area contributed by atoms with Gasteiger partial charge in [-0.1, -0.05) is 5.16 Å². The molecule has 172 valence electrons. The van der Waals surface area contributed by atoms with Gasteiger partial charge in [-0.2, -0.15) is 0 Å². The van der Waals surface area contributed by atoms with Gasteiger partial charge < -0.3 is 37.2 Å². The van der Waals surface area contributed by atoms with E-state index >= 15 is 0 Å². The Hall–Kier alpha value is -3.37. The molecule has 1 saturated heterocycles. The Kier molecular flexibility index (Phi) is 7.16. The van der Waals surface area contributed by atoms with Crippen LogP contribution in [0.4, 0.5) is 9.93 Å². The lowest BCUT2D eigenvalue weighted by atomic mass is 10.0. The lowest BCUT2D eigenvalue weighted by Gasteiger charge is -2.49. The van der Waals surface area contributed by atoms with E-state index in [9.17, 15) is 24.3 Å². The summed E-state index contributed by atoms with van der Waals surface area (Å²) in [6, 6.07) is -1.02. The minimum Gasteiger partial charge on any atom is -0.477 e. The quantitative estimate of drug-likeness (QED) is 0.114. The van der Waals surface area contributed by atoms with Gasteiger partial charge >= 0.3 is 12.1 Å². The molecule has 0 bridgehead atoms. The Morgan fingerprint density at radius 1 is 1.41 bits per heavy atom. The smallest absolute Gasteiger partial charge is 0.404 e. The molecule has 2 atom stereocenters. The van der Waals surface area contributed by atoms with Crippen molar-refractivity contribution in [3.8, 4) is 0 Å². The predicted molar refractivity (Wildman–Crippen MR) is 113 cm³/mol. The molecule has 14 nitrogen and oxygen atoms in total. The largest absolute Gasteiger partial charge is 0.477 e. The van der Waals surface area contributed by atoms with E-state index in [-0.39, 0.29) is 53.3 Å². The fourth-order valence-corrected chi connectivity index (χ4v) is 4.80. The number of nitrogens with zero attached hydrogens (tertiary/aromatic N) is 3. The van der Waals surface area contributed by atoms with Crippen LogP contribution < -0.4 is 22.5 Å². The number of aliphatic carboxylic acids is 1. The first-order valence-electron chi connectivity index (χ1n) is 8.99. The first-order chi connectivity index (χ1) is 15.2. The molecule has 0 aliphatic carbocycles. The SMILES string of the molecule is NCCON=C(C(=O)NC1C(=O)N2C(C(=O)O)=C(COC(N)=O)CS[C@@H]12)c1csc(N)n1. The third kappa shape index (κ3) is 4.76. The van der Waals surface area contributed by atoms with Crippen LogP contribution in [0.15, 0.2) is 21.8 Å². The molecule has 1 unspecified atom stereocenters. The van der Waals surface area contributed by atoms with Crippen LogP contribution in [-0.2, 0) is 24.0 Å². The molecule has 2 aliphatic heterocycles. The van der Waals surface area contributed by atoms with Crippen molar-refractivity contribution in [1.82, 2.24) is 15.2 Å². The van der Waals surface area contributed by atoms with Crippen molar-refractivity contribution in [2.24, 2.45) is 16.6 Å². The topological polar surface area (TPSA) is 226 Å². The number of anilines is 1. The Morgan fingerprint density at radius 3 is 2.75 bits per heavy atom. The van der Waals surface area contributed by atoms with E-state index in [1.807, 2.05) is 0 Å². The molecule has 2 aliphatic rings. The van der Waals surface area contributed by atoms with Gasteiger partial charge in [0.1, 0.15) is 36.0 Å². The Morgan fingerprint density at radius 2 is 2.16 bits per heavy atom. The number of oxime groups is 1. The van der Waals surface area contributed by atoms with E-state index in [1.165, 1.54) is 17.1 Å². The molecule has 0 aromatic carbocycles. The number of hydrogen-bond donors (Lipinski definition) is 5. The summed E-state index contributed by atoms with van der Waals surface area (Å²) >= 11 is 2.28. The highest BCUT2D eigenvalue weighted by atomic mass is 32.2. The molecule has 3 rings (SSSR count). The molecule has 1 aromatic heterocycles. The average Bonchev–Trinajstić information content (AvgIpc) is 3.18. The number of nitrogens with one attached hydrogen (secondary N) is 1. The van der Waals surface area contributed by atoms with Crippen molar-refractivity contribution in [2.75, 3.05) is 31.2 Å². The molecule has 0 saturated carbocycles. The zero-order valence-electron chi connectivity index (χ0n) is 16.3. The summed E-state index contributed by atoms with van der Waals surface area (Å²) in [7, 11) is 0. The highest BCUT2D eigenvalue weighted by Gasteiger charge is 2.54. The van der Waals surface area contributed by atoms with E-state index < -0.39 is 35.3 Å². The first kappa shape index (κ1) is 23.3. The molecule has 16 heteroatoms. The molecule has 1 fully saturated rings. The normalized spacial score (nSPS) is 20.3. The number of aromatic nitrogens is 1. The van der Waals surface area contributed by atoms with Crippen LogP contribution in [0.1, 0.15) is 5.69 Å². The number of thiazole rings is 1. The second-order valence-electron chi connectivity index (χ2n) is 6.36. The lowest BCUT2D eigenvalue weighted by Crippen LogP contribution is -2.71. The van der Waals surface area contributed by atoms with Gasteiger partial charge in [-0.3, -0.25) is 14.5 Å². The average molecular weight is 486 g/mol. The number of amides is 3. The summed E-state index contributed by atoms with van der Waals surface area (Å²) in [5, 5.41) is 16.9. The second-order valence-corrected chi connectivity index (χ2v) is 8.35. The number of thioether (sulfide) groups is 1. The molecule has 8 N–H and O–H groups in total. The van der Waals surface area contributed by atoms with Crippen molar-refractivity contribution in [1.29, 1.82) is 0 Å². The number of carboxylic acid groups (broad SMARTS) is 1. The van der Waals surface area contributed by atoms with Gasteiger partial charge in [0, 0.05) is 23.3 Å². The fraction of sp³-hybridized carbons (Fsp3) is 0.375. The summed E-state index contributed by atoms with van der Waals surface area (Å²) in [5.74, 6) is -2.62. The van der Waals surface area contributed by atoms with Crippen LogP contribution in [0.5, 0.6) is 0 Å². The van der Waals surface area contributed by atoms with E-state index in [1.54, 1.807) is 0 Å². The van der Waals surface area contributed by atoms with Crippen molar-refractivity contribution < 1.29 is 33.9 Å². The number of fused-ring (bicyclic) bond motifs is 1. The van der Waals surface area contributed by atoms with E-state index in [2.05, 4.69) is 20.2 Å². The van der Waals surface area contributed by atoms with Crippen LogP contribution in [0, 0.1) is 0 Å². The fourth-order valence-electron chi connectivity index (χ4n) is 2.93. The first-order valence-corrected chi connectivity index (χ1v) is 10.9. The monoisotopic (exact) mass is 485 g/mol. The van der Waals surface area contributed by atoms with Crippen LogP contribution in [0.25, 0.3) is 0 Å². The van der Waals surface area contributed by atoms with E-state index in [4.69, 9.17) is 22.0 Å². The molecular formula is C16H19N7O7S2. The second kappa shape index (κ2) is 9.84. The van der Waals surface area contributed by atoms with Crippen LogP contribution in [0.3, 0.4) is 0 Å². The van der Waals surface area contributed by atoms with Gasteiger partial charge in [0.2, 0.25) is 0 Å². The van der Waals surface area contributed by atoms with Crippen LogP contribution in [0.2, 0.25) is 0 Å². The summed E-state index contributed by atoms with van der Waals surface area (Å²) in [5.41, 5.74) is 15.7. The minimum atomic E-state index is -1.37. The molecule has 0 radical (unpaired) electrons. The zero-order valence-corrected chi connectivity index (χ0v) is 18.0. The van der Waals surface area contributed by atoms with Gasteiger partial charge in [-0.05, 0) is 0 Å². The van der Waals surface area contributed by atoms with Crippen molar-refractivity contribution in [2.45, 2.75) is 11.4 Å². The number of carbonyl (C=O) groups is 4. The van der Waals surface area contributed by atoms with E-state index in [0.29, 0.717) is 0 Å². The maximum absolute atomic E-state index is 12.8. The summed E-state index contributed by atoms with van der Waals surface area (Å²) in [6.07, 6.45) is -1.07. The zero-order chi connectivity index (χ0) is 23.4. The highest BCUT2D eigenvalue weighted by Crippen LogP contribution is 2.40. The molecular weight excluding hydrogens is 466 g/mol. The van der Waals surface area contributed by atoms with Gasteiger partial charge in [-0.15, -0.1) is 23.1 Å². The van der Waals surface area contributed by atoms with Gasteiger partial charge in [0.15, 0.2) is 10.8 Å². The summed E-state index contributed by atoms with van der Waals surface area (Å²) in [4.78, 5) is 58.1. The van der Waals surface area contributed by atoms with Crippen LogP contribution >= 0.6 is 23.1 Å². The molecule has 0 spiro atoms. The molecule has 1 aromatic rings. The summed E-state index contributed by atoms with van der Waals surface area (Å²) in [6.45, 7) is -0.148. The molecule has 32 heavy (non-hydrogen) atoms. The van der Waals surface area contributed by atoms with Crippen molar-refractivity contribution in [3.63, 3.8) is 0 Å². The maximum atomic E-state index is 12.8. The molecule has 3 amide bonds. The maximum Gasteiger partial charge on any atom is 0.404 e. The predicted octanol–water partition coefficient (Wildman–Crippen LogP) is -1.76.